The lowest BCUT2D eigenvalue weighted by atomic mass is 9.97. The molecule has 0 amide bonds. The summed E-state index contributed by atoms with van der Waals surface area (Å²) in [5.41, 5.74) is 6.43. The van der Waals surface area contributed by atoms with E-state index in [0.29, 0.717) is 0 Å². The summed E-state index contributed by atoms with van der Waals surface area (Å²) >= 11 is 0. The Hall–Kier alpha value is -4.10. The lowest BCUT2D eigenvalue weighted by Crippen LogP contribution is -2.46. The molecule has 0 spiro atoms. The summed E-state index contributed by atoms with van der Waals surface area (Å²) in [7, 11) is 1.93. The minimum Gasteiger partial charge on any atom is -0.354 e. The Labute approximate surface area is 209 Å². The fourth-order valence-electron chi connectivity index (χ4n) is 4.87. The quantitative estimate of drug-likeness (QED) is 0.349. The summed E-state index contributed by atoms with van der Waals surface area (Å²) in [6, 6.07) is 19.5. The number of nitrogens with zero attached hydrogens (tertiary/aromatic N) is 6. The lowest BCUT2D eigenvalue weighted by molar-refractivity contribution is 0.249. The van der Waals surface area contributed by atoms with E-state index >= 15 is 0 Å². The molecular formula is C29H27FN6. The van der Waals surface area contributed by atoms with Crippen molar-refractivity contribution in [2.45, 2.75) is 6.54 Å². The highest BCUT2D eigenvalue weighted by molar-refractivity contribution is 5.98. The number of aromatic nitrogens is 4. The molecule has 180 valence electrons. The van der Waals surface area contributed by atoms with Gasteiger partial charge < -0.3 is 4.90 Å². The molecule has 0 saturated carbocycles. The Morgan fingerprint density at radius 3 is 2.39 bits per heavy atom. The second-order valence-electron chi connectivity index (χ2n) is 9.29. The Kier molecular flexibility index (Phi) is 5.91. The van der Waals surface area contributed by atoms with E-state index < -0.39 is 0 Å². The number of fused-ring (bicyclic) bond motifs is 1. The third-order valence-electron chi connectivity index (χ3n) is 6.83. The van der Waals surface area contributed by atoms with Crippen LogP contribution in [-0.2, 0) is 13.6 Å². The van der Waals surface area contributed by atoms with Crippen molar-refractivity contribution in [2.24, 2.45) is 7.05 Å². The highest BCUT2D eigenvalue weighted by Gasteiger charge is 2.19. The lowest BCUT2D eigenvalue weighted by Gasteiger charge is -2.35. The minimum absolute atomic E-state index is 0.189. The molecule has 5 aromatic rings. The van der Waals surface area contributed by atoms with Gasteiger partial charge >= 0.3 is 0 Å². The average molecular weight is 479 g/mol. The van der Waals surface area contributed by atoms with E-state index in [9.17, 15) is 4.39 Å². The molecule has 0 atom stereocenters. The Morgan fingerprint density at radius 1 is 0.833 bits per heavy atom. The van der Waals surface area contributed by atoms with Crippen LogP contribution < -0.4 is 4.90 Å². The predicted molar refractivity (Wildman–Crippen MR) is 141 cm³/mol. The van der Waals surface area contributed by atoms with Crippen LogP contribution in [0.2, 0.25) is 0 Å². The number of hydrogen-bond donors (Lipinski definition) is 0. The molecular weight excluding hydrogens is 451 g/mol. The van der Waals surface area contributed by atoms with Crippen LogP contribution in [0.3, 0.4) is 0 Å². The van der Waals surface area contributed by atoms with Crippen molar-refractivity contribution in [2.75, 3.05) is 31.1 Å². The van der Waals surface area contributed by atoms with Gasteiger partial charge in [0.05, 0.1) is 11.7 Å². The highest BCUT2D eigenvalue weighted by atomic mass is 19.1. The van der Waals surface area contributed by atoms with Crippen LogP contribution >= 0.6 is 0 Å². The molecule has 36 heavy (non-hydrogen) atoms. The standard InChI is InChI=1S/C29H27FN6/c1-34-20-24(18-33-34)23-15-27(26-3-2-10-31-28(26)16-23)22-6-9-29(32-17-22)36-13-11-35(12-14-36)19-21-4-7-25(30)8-5-21/h2-10,15-18,20H,11-14,19H2,1H3. The van der Waals surface area contributed by atoms with Crippen molar-refractivity contribution in [1.29, 1.82) is 0 Å². The van der Waals surface area contributed by atoms with Crippen molar-refractivity contribution in [3.63, 3.8) is 0 Å². The van der Waals surface area contributed by atoms with Gasteiger partial charge in [-0.1, -0.05) is 18.2 Å². The normalized spacial score (nSPS) is 14.4. The van der Waals surface area contributed by atoms with Gasteiger partial charge in [0.2, 0.25) is 0 Å². The molecule has 6 rings (SSSR count). The SMILES string of the molecule is Cn1cc(-c2cc(-c3ccc(N4CCN(Cc5ccc(F)cc5)CC4)nc3)c3cccnc3c2)cn1. The third kappa shape index (κ3) is 4.57. The number of anilines is 1. The number of piperazine rings is 1. The van der Waals surface area contributed by atoms with Crippen molar-refractivity contribution >= 4 is 16.7 Å². The van der Waals surface area contributed by atoms with Gasteiger partial charge in [-0.2, -0.15) is 5.10 Å². The van der Waals surface area contributed by atoms with E-state index in [1.54, 1.807) is 0 Å². The van der Waals surface area contributed by atoms with Crippen LogP contribution in [0, 0.1) is 5.82 Å². The topological polar surface area (TPSA) is 50.1 Å². The van der Waals surface area contributed by atoms with E-state index in [4.69, 9.17) is 4.98 Å². The van der Waals surface area contributed by atoms with Gasteiger partial charge in [0, 0.05) is 74.9 Å². The summed E-state index contributed by atoms with van der Waals surface area (Å²) in [4.78, 5) is 14.2. The monoisotopic (exact) mass is 478 g/mol. The molecule has 1 aliphatic heterocycles. The zero-order chi connectivity index (χ0) is 24.5. The Morgan fingerprint density at radius 2 is 1.67 bits per heavy atom. The van der Waals surface area contributed by atoms with E-state index in [2.05, 4.69) is 50.2 Å². The molecule has 0 N–H and O–H groups in total. The number of aryl methyl sites for hydroxylation is 1. The van der Waals surface area contributed by atoms with Gasteiger partial charge in [-0.05, 0) is 59.2 Å². The third-order valence-corrected chi connectivity index (χ3v) is 6.83. The number of hydrogen-bond acceptors (Lipinski definition) is 5. The van der Waals surface area contributed by atoms with E-state index in [1.165, 1.54) is 12.1 Å². The second-order valence-corrected chi connectivity index (χ2v) is 9.29. The zero-order valence-electron chi connectivity index (χ0n) is 20.2. The van der Waals surface area contributed by atoms with Crippen LogP contribution in [0.25, 0.3) is 33.2 Å². The number of halogens is 1. The summed E-state index contributed by atoms with van der Waals surface area (Å²) in [5.74, 6) is 0.803. The molecule has 1 saturated heterocycles. The summed E-state index contributed by atoms with van der Waals surface area (Å²) < 4.78 is 15.0. The van der Waals surface area contributed by atoms with Crippen LogP contribution in [0.4, 0.5) is 10.2 Å². The molecule has 0 aliphatic carbocycles. The summed E-state index contributed by atoms with van der Waals surface area (Å²) in [5, 5.41) is 5.44. The first kappa shape index (κ1) is 22.4. The molecule has 7 heteroatoms. The first-order valence-corrected chi connectivity index (χ1v) is 12.2. The first-order valence-electron chi connectivity index (χ1n) is 12.2. The maximum atomic E-state index is 13.2. The molecule has 1 aliphatic rings. The van der Waals surface area contributed by atoms with Crippen LogP contribution in [0.15, 0.2) is 85.5 Å². The van der Waals surface area contributed by atoms with Crippen LogP contribution in [0.1, 0.15) is 5.56 Å². The molecule has 4 heterocycles. The van der Waals surface area contributed by atoms with E-state index in [-0.39, 0.29) is 5.82 Å². The van der Waals surface area contributed by atoms with Gasteiger partial charge in [-0.15, -0.1) is 0 Å². The van der Waals surface area contributed by atoms with Crippen LogP contribution in [0.5, 0.6) is 0 Å². The van der Waals surface area contributed by atoms with Crippen molar-refractivity contribution < 1.29 is 4.39 Å². The molecule has 3 aromatic heterocycles. The highest BCUT2D eigenvalue weighted by Crippen LogP contribution is 2.33. The predicted octanol–water partition coefficient (Wildman–Crippen LogP) is 5.16. The Balaban J connectivity index is 1.21. The second kappa shape index (κ2) is 9.51. The van der Waals surface area contributed by atoms with Crippen molar-refractivity contribution in [3.8, 4) is 22.3 Å². The van der Waals surface area contributed by atoms with E-state index in [0.717, 1.165) is 77.3 Å². The zero-order valence-corrected chi connectivity index (χ0v) is 20.2. The molecule has 2 aromatic carbocycles. The largest absolute Gasteiger partial charge is 0.354 e. The smallest absolute Gasteiger partial charge is 0.128 e. The number of pyridine rings is 2. The van der Waals surface area contributed by atoms with E-state index in [1.807, 2.05) is 54.7 Å². The van der Waals surface area contributed by atoms with Gasteiger partial charge in [0.1, 0.15) is 11.6 Å². The molecule has 1 fully saturated rings. The maximum absolute atomic E-state index is 13.2. The van der Waals surface area contributed by atoms with Gasteiger partial charge in [-0.25, -0.2) is 9.37 Å². The number of rotatable bonds is 5. The fourth-order valence-corrected chi connectivity index (χ4v) is 4.87. The van der Waals surface area contributed by atoms with Crippen LogP contribution in [-0.4, -0.2) is 50.8 Å². The Bertz CT molecular complexity index is 1490. The maximum Gasteiger partial charge on any atom is 0.128 e. The average Bonchev–Trinajstić information content (AvgIpc) is 3.36. The van der Waals surface area contributed by atoms with Gasteiger partial charge in [0.25, 0.3) is 0 Å². The summed E-state index contributed by atoms with van der Waals surface area (Å²) in [6.45, 7) is 4.57. The minimum atomic E-state index is -0.189. The fraction of sp³-hybridized carbons (Fsp3) is 0.207. The molecule has 0 unspecified atom stereocenters. The molecule has 0 bridgehead atoms. The molecule has 6 nitrogen and oxygen atoms in total. The van der Waals surface area contributed by atoms with Gasteiger partial charge in [-0.3, -0.25) is 14.6 Å². The molecule has 0 radical (unpaired) electrons. The summed E-state index contributed by atoms with van der Waals surface area (Å²) in [6.07, 6.45) is 7.70. The number of benzene rings is 2. The van der Waals surface area contributed by atoms with Crippen molar-refractivity contribution in [1.82, 2.24) is 24.6 Å². The van der Waals surface area contributed by atoms with Gasteiger partial charge in [0.15, 0.2) is 0 Å². The van der Waals surface area contributed by atoms with Crippen molar-refractivity contribution in [3.05, 3.63) is 96.8 Å². The first-order chi connectivity index (χ1) is 17.6.